The molecule has 0 bridgehead atoms. The summed E-state index contributed by atoms with van der Waals surface area (Å²) in [6.07, 6.45) is -0.194. The topological polar surface area (TPSA) is 76.0 Å². The van der Waals surface area contributed by atoms with Crippen molar-refractivity contribution in [1.29, 1.82) is 0 Å². The predicted octanol–water partition coefficient (Wildman–Crippen LogP) is 2.40. The van der Waals surface area contributed by atoms with Gasteiger partial charge >= 0.3 is 5.97 Å². The van der Waals surface area contributed by atoms with E-state index in [0.717, 1.165) is 16.7 Å². The van der Waals surface area contributed by atoms with Crippen LogP contribution in [0.3, 0.4) is 0 Å². The number of carbonyl (C=O) groups is 1. The molecule has 20 heavy (non-hydrogen) atoms. The molecule has 1 aromatic carbocycles. The Hall–Kier alpha value is -2.30. The number of aliphatic carboxylic acids is 1. The Bertz CT molecular complexity index is 681. The maximum absolute atomic E-state index is 10.8. The van der Waals surface area contributed by atoms with Gasteiger partial charge in [-0.15, -0.1) is 0 Å². The van der Waals surface area contributed by atoms with Crippen LogP contribution in [-0.4, -0.2) is 26.0 Å². The number of aryl methyl sites for hydroxylation is 4. The molecule has 0 amide bonds. The molecule has 2 aromatic rings. The van der Waals surface area contributed by atoms with Crippen molar-refractivity contribution in [3.8, 4) is 11.4 Å². The standard InChI is InChI=1S/C15H17N3O2/c1-8-5-10(3)12(6-9(8)2)15-17-11(4)16-13(18-15)7-14(19)20/h5-6H,7H2,1-4H3,(H,19,20). The fourth-order valence-corrected chi connectivity index (χ4v) is 2.07. The molecule has 5 nitrogen and oxygen atoms in total. The normalized spacial score (nSPS) is 10.6. The van der Waals surface area contributed by atoms with Crippen LogP contribution in [-0.2, 0) is 11.2 Å². The second-order valence-electron chi connectivity index (χ2n) is 4.94. The van der Waals surface area contributed by atoms with E-state index in [1.807, 2.05) is 19.9 Å². The van der Waals surface area contributed by atoms with Crippen LogP contribution in [0.1, 0.15) is 28.3 Å². The first-order chi connectivity index (χ1) is 9.36. The van der Waals surface area contributed by atoms with Crippen LogP contribution in [0.2, 0.25) is 0 Å². The lowest BCUT2D eigenvalue weighted by Gasteiger charge is -2.10. The molecule has 0 saturated heterocycles. The molecule has 0 radical (unpaired) electrons. The molecule has 0 aliphatic carbocycles. The van der Waals surface area contributed by atoms with Gasteiger partial charge in [0, 0.05) is 5.56 Å². The second-order valence-corrected chi connectivity index (χ2v) is 4.94. The van der Waals surface area contributed by atoms with E-state index in [9.17, 15) is 4.79 Å². The zero-order valence-corrected chi connectivity index (χ0v) is 12.1. The van der Waals surface area contributed by atoms with Gasteiger partial charge in [0.05, 0.1) is 0 Å². The molecule has 0 unspecified atom stereocenters. The zero-order valence-electron chi connectivity index (χ0n) is 12.1. The third-order valence-corrected chi connectivity index (χ3v) is 3.18. The van der Waals surface area contributed by atoms with Crippen molar-refractivity contribution in [3.05, 3.63) is 40.5 Å². The van der Waals surface area contributed by atoms with Crippen LogP contribution in [0.5, 0.6) is 0 Å². The maximum Gasteiger partial charge on any atom is 0.311 e. The summed E-state index contributed by atoms with van der Waals surface area (Å²) in [7, 11) is 0. The first kappa shape index (κ1) is 14.1. The highest BCUT2D eigenvalue weighted by molar-refractivity contribution is 5.69. The van der Waals surface area contributed by atoms with Crippen molar-refractivity contribution >= 4 is 5.97 Å². The third-order valence-electron chi connectivity index (χ3n) is 3.18. The van der Waals surface area contributed by atoms with Gasteiger partial charge in [0.25, 0.3) is 0 Å². The van der Waals surface area contributed by atoms with Crippen molar-refractivity contribution in [2.75, 3.05) is 0 Å². The lowest BCUT2D eigenvalue weighted by Crippen LogP contribution is -2.09. The van der Waals surface area contributed by atoms with Gasteiger partial charge in [0.15, 0.2) is 5.82 Å². The van der Waals surface area contributed by atoms with E-state index < -0.39 is 5.97 Å². The summed E-state index contributed by atoms with van der Waals surface area (Å²) in [5.41, 5.74) is 4.36. The van der Waals surface area contributed by atoms with Crippen molar-refractivity contribution in [3.63, 3.8) is 0 Å². The third kappa shape index (κ3) is 2.99. The summed E-state index contributed by atoms with van der Waals surface area (Å²) in [6, 6.07) is 4.12. The summed E-state index contributed by atoms with van der Waals surface area (Å²) in [5, 5.41) is 8.85. The van der Waals surface area contributed by atoms with Crippen LogP contribution in [0.15, 0.2) is 12.1 Å². The van der Waals surface area contributed by atoms with Gasteiger partial charge in [-0.05, 0) is 50.5 Å². The molecule has 1 heterocycles. The van der Waals surface area contributed by atoms with Crippen LogP contribution < -0.4 is 0 Å². The lowest BCUT2D eigenvalue weighted by atomic mass is 10.0. The Morgan fingerprint density at radius 2 is 1.65 bits per heavy atom. The molecule has 0 spiro atoms. The largest absolute Gasteiger partial charge is 0.481 e. The Kier molecular flexibility index (Phi) is 3.79. The van der Waals surface area contributed by atoms with E-state index in [0.29, 0.717) is 11.6 Å². The second kappa shape index (κ2) is 5.36. The van der Waals surface area contributed by atoms with Crippen LogP contribution >= 0.6 is 0 Å². The molecular formula is C15H17N3O2. The van der Waals surface area contributed by atoms with Crippen LogP contribution in [0, 0.1) is 27.7 Å². The number of aromatic nitrogens is 3. The van der Waals surface area contributed by atoms with Gasteiger partial charge < -0.3 is 5.11 Å². The summed E-state index contributed by atoms with van der Waals surface area (Å²) < 4.78 is 0. The highest BCUT2D eigenvalue weighted by Gasteiger charge is 2.12. The number of hydrogen-bond acceptors (Lipinski definition) is 4. The number of rotatable bonds is 3. The fourth-order valence-electron chi connectivity index (χ4n) is 2.07. The highest BCUT2D eigenvalue weighted by Crippen LogP contribution is 2.23. The van der Waals surface area contributed by atoms with Crippen molar-refractivity contribution in [1.82, 2.24) is 15.0 Å². The minimum atomic E-state index is -0.946. The van der Waals surface area contributed by atoms with Gasteiger partial charge in [-0.25, -0.2) is 15.0 Å². The minimum absolute atomic E-state index is 0.194. The van der Waals surface area contributed by atoms with Crippen molar-refractivity contribution < 1.29 is 9.90 Å². The number of nitrogens with zero attached hydrogens (tertiary/aromatic N) is 3. The molecule has 1 aromatic heterocycles. The number of benzene rings is 1. The van der Waals surface area contributed by atoms with E-state index in [2.05, 4.69) is 27.9 Å². The summed E-state index contributed by atoms with van der Waals surface area (Å²) in [6.45, 7) is 7.83. The van der Waals surface area contributed by atoms with Crippen LogP contribution in [0.25, 0.3) is 11.4 Å². The molecule has 5 heteroatoms. The molecule has 0 aliphatic heterocycles. The van der Waals surface area contributed by atoms with Crippen molar-refractivity contribution in [2.45, 2.75) is 34.1 Å². The quantitative estimate of drug-likeness (QED) is 0.927. The first-order valence-corrected chi connectivity index (χ1v) is 6.38. The van der Waals surface area contributed by atoms with E-state index in [4.69, 9.17) is 5.11 Å². The Morgan fingerprint density at radius 1 is 1.00 bits per heavy atom. The number of carboxylic acid groups (broad SMARTS) is 1. The van der Waals surface area contributed by atoms with Gasteiger partial charge in [0.2, 0.25) is 0 Å². The number of carboxylic acids is 1. The fraction of sp³-hybridized carbons (Fsp3) is 0.333. The van der Waals surface area contributed by atoms with E-state index in [1.165, 1.54) is 5.56 Å². The molecule has 104 valence electrons. The average Bonchev–Trinajstić information content (AvgIpc) is 2.32. The molecule has 0 fully saturated rings. The molecule has 1 N–H and O–H groups in total. The number of hydrogen-bond donors (Lipinski definition) is 1. The molecule has 0 saturated carbocycles. The van der Waals surface area contributed by atoms with Gasteiger partial charge in [-0.2, -0.15) is 0 Å². The Balaban J connectivity index is 2.55. The molecular weight excluding hydrogens is 254 g/mol. The van der Waals surface area contributed by atoms with Gasteiger partial charge in [0.1, 0.15) is 18.1 Å². The van der Waals surface area contributed by atoms with Crippen molar-refractivity contribution in [2.24, 2.45) is 0 Å². The van der Waals surface area contributed by atoms with E-state index >= 15 is 0 Å². The highest BCUT2D eigenvalue weighted by atomic mass is 16.4. The SMILES string of the molecule is Cc1nc(CC(=O)O)nc(-c2cc(C)c(C)cc2C)n1. The zero-order chi connectivity index (χ0) is 14.9. The van der Waals surface area contributed by atoms with Crippen LogP contribution in [0.4, 0.5) is 0 Å². The molecule has 0 atom stereocenters. The minimum Gasteiger partial charge on any atom is -0.481 e. The molecule has 2 rings (SSSR count). The lowest BCUT2D eigenvalue weighted by molar-refractivity contribution is -0.136. The summed E-state index contributed by atoms with van der Waals surface area (Å²) in [5.74, 6) is 0.411. The summed E-state index contributed by atoms with van der Waals surface area (Å²) >= 11 is 0. The van der Waals surface area contributed by atoms with Gasteiger partial charge in [-0.1, -0.05) is 6.07 Å². The van der Waals surface area contributed by atoms with E-state index in [-0.39, 0.29) is 12.2 Å². The molecule has 0 aliphatic rings. The summed E-state index contributed by atoms with van der Waals surface area (Å²) in [4.78, 5) is 23.5. The Morgan fingerprint density at radius 3 is 2.30 bits per heavy atom. The monoisotopic (exact) mass is 271 g/mol. The smallest absolute Gasteiger partial charge is 0.311 e. The predicted molar refractivity (Wildman–Crippen MR) is 75.6 cm³/mol. The van der Waals surface area contributed by atoms with E-state index in [1.54, 1.807) is 6.92 Å². The maximum atomic E-state index is 10.8. The first-order valence-electron chi connectivity index (χ1n) is 6.38. The van der Waals surface area contributed by atoms with Gasteiger partial charge in [-0.3, -0.25) is 4.79 Å². The Labute approximate surface area is 117 Å². The average molecular weight is 271 g/mol.